The van der Waals surface area contributed by atoms with E-state index in [-0.39, 0.29) is 6.42 Å². The number of carboxylic acid groups (broad SMARTS) is 1. The van der Waals surface area contributed by atoms with E-state index in [2.05, 4.69) is 15.5 Å². The largest absolute Gasteiger partial charge is 0.481 e. The minimum absolute atomic E-state index is 0.00572. The summed E-state index contributed by atoms with van der Waals surface area (Å²) >= 11 is 0. The first kappa shape index (κ1) is 22.7. The summed E-state index contributed by atoms with van der Waals surface area (Å²) in [4.78, 5) is 23.4. The summed E-state index contributed by atoms with van der Waals surface area (Å²) < 4.78 is 5.51. The summed E-state index contributed by atoms with van der Waals surface area (Å²) in [5, 5.41) is 19.9. The Hall–Kier alpha value is -4.52. The fourth-order valence-electron chi connectivity index (χ4n) is 3.55. The van der Waals surface area contributed by atoms with Crippen LogP contribution in [0.25, 0.3) is 22.4 Å². The number of hydrogen-bond acceptors (Lipinski definition) is 5. The average Bonchev–Trinajstić information content (AvgIpc) is 2.85. The number of aliphatic carboxylic acids is 1. The Morgan fingerprint density at radius 2 is 1.50 bits per heavy atom. The fraction of sp³-hybridized carbons (Fsp3) is 0.111. The molecule has 0 aliphatic rings. The maximum absolute atomic E-state index is 12.5. The number of carbonyl (C=O) groups is 2. The van der Waals surface area contributed by atoms with Gasteiger partial charge in [0, 0.05) is 5.56 Å². The lowest BCUT2D eigenvalue weighted by atomic mass is 10.0. The van der Waals surface area contributed by atoms with Crippen LogP contribution in [0.4, 0.5) is 10.5 Å². The third kappa shape index (κ3) is 5.63. The highest BCUT2D eigenvalue weighted by Crippen LogP contribution is 2.28. The van der Waals surface area contributed by atoms with Gasteiger partial charge in [-0.25, -0.2) is 4.79 Å². The molecule has 0 radical (unpaired) electrons. The number of aromatic nitrogens is 2. The molecule has 170 valence electrons. The zero-order valence-electron chi connectivity index (χ0n) is 18.5. The lowest BCUT2D eigenvalue weighted by Gasteiger charge is -2.15. The van der Waals surface area contributed by atoms with E-state index < -0.39 is 18.2 Å². The number of rotatable bonds is 7. The van der Waals surface area contributed by atoms with Gasteiger partial charge in [-0.2, -0.15) is 5.10 Å². The van der Waals surface area contributed by atoms with Gasteiger partial charge in [0.1, 0.15) is 11.8 Å². The maximum Gasteiger partial charge on any atom is 0.412 e. The van der Waals surface area contributed by atoms with Crippen LogP contribution in [0, 0.1) is 0 Å². The van der Waals surface area contributed by atoms with Gasteiger partial charge in [-0.3, -0.25) is 10.1 Å². The number of benzene rings is 3. The molecule has 0 spiro atoms. The first-order valence-electron chi connectivity index (χ1n) is 10.8. The standard InChI is InChI=1S/C27H23N3O4/c1-18(20-5-3-2-4-6-20)34-27(33)29-24-15-16-28-30-26(24)23-13-11-22(12-14-23)21-9-7-19(8-10-21)17-25(31)32/h2-16,18H,17H2,1H3,(H,31,32)(H,28,29,33). The van der Waals surface area contributed by atoms with Gasteiger partial charge >= 0.3 is 12.1 Å². The molecule has 2 N–H and O–H groups in total. The van der Waals surface area contributed by atoms with Crippen LogP contribution in [0.5, 0.6) is 0 Å². The van der Waals surface area contributed by atoms with E-state index in [9.17, 15) is 9.59 Å². The minimum Gasteiger partial charge on any atom is -0.481 e. The van der Waals surface area contributed by atoms with Crippen molar-refractivity contribution in [2.45, 2.75) is 19.4 Å². The van der Waals surface area contributed by atoms with Gasteiger partial charge < -0.3 is 9.84 Å². The molecular weight excluding hydrogens is 430 g/mol. The molecule has 1 heterocycles. The van der Waals surface area contributed by atoms with E-state index in [4.69, 9.17) is 9.84 Å². The Balaban J connectivity index is 1.48. The highest BCUT2D eigenvalue weighted by atomic mass is 16.6. The minimum atomic E-state index is -0.858. The Morgan fingerprint density at radius 1 is 0.882 bits per heavy atom. The van der Waals surface area contributed by atoms with Crippen molar-refractivity contribution in [1.82, 2.24) is 10.2 Å². The second-order valence-electron chi connectivity index (χ2n) is 7.72. The molecule has 1 unspecified atom stereocenters. The molecule has 1 atom stereocenters. The van der Waals surface area contributed by atoms with Gasteiger partial charge in [0.25, 0.3) is 0 Å². The van der Waals surface area contributed by atoms with Gasteiger partial charge in [0.05, 0.1) is 18.3 Å². The number of carbonyl (C=O) groups excluding carboxylic acids is 1. The Labute approximate surface area is 197 Å². The average molecular weight is 453 g/mol. The van der Waals surface area contributed by atoms with Crippen molar-refractivity contribution in [2.24, 2.45) is 0 Å². The topological polar surface area (TPSA) is 101 Å². The highest BCUT2D eigenvalue weighted by Gasteiger charge is 2.15. The van der Waals surface area contributed by atoms with Crippen LogP contribution in [-0.2, 0) is 16.0 Å². The van der Waals surface area contributed by atoms with E-state index in [1.807, 2.05) is 85.8 Å². The van der Waals surface area contributed by atoms with Crippen LogP contribution >= 0.6 is 0 Å². The molecule has 0 fully saturated rings. The highest BCUT2D eigenvalue weighted by molar-refractivity contribution is 5.90. The Morgan fingerprint density at radius 3 is 2.15 bits per heavy atom. The molecule has 4 rings (SSSR count). The monoisotopic (exact) mass is 453 g/mol. The number of ether oxygens (including phenoxy) is 1. The van der Waals surface area contributed by atoms with Gasteiger partial charge in [-0.15, -0.1) is 5.10 Å². The van der Waals surface area contributed by atoms with Crippen molar-refractivity contribution in [2.75, 3.05) is 5.32 Å². The van der Waals surface area contributed by atoms with Crippen molar-refractivity contribution in [3.63, 3.8) is 0 Å². The van der Waals surface area contributed by atoms with Crippen molar-refractivity contribution >= 4 is 17.7 Å². The first-order valence-corrected chi connectivity index (χ1v) is 10.8. The summed E-state index contributed by atoms with van der Waals surface area (Å²) in [7, 11) is 0. The zero-order chi connectivity index (χ0) is 23.9. The summed E-state index contributed by atoms with van der Waals surface area (Å²) in [6.07, 6.45) is 0.519. The lowest BCUT2D eigenvalue weighted by Crippen LogP contribution is -2.17. The Bertz CT molecular complexity index is 1270. The van der Waals surface area contributed by atoms with Crippen molar-refractivity contribution in [3.8, 4) is 22.4 Å². The van der Waals surface area contributed by atoms with Crippen LogP contribution in [0.3, 0.4) is 0 Å². The smallest absolute Gasteiger partial charge is 0.412 e. The first-order chi connectivity index (χ1) is 16.5. The van der Waals surface area contributed by atoms with Crippen LogP contribution in [-0.4, -0.2) is 27.4 Å². The summed E-state index contributed by atoms with van der Waals surface area (Å²) in [6.45, 7) is 1.81. The van der Waals surface area contributed by atoms with E-state index >= 15 is 0 Å². The Kier molecular flexibility index (Phi) is 6.93. The number of nitrogens with one attached hydrogen (secondary N) is 1. The summed E-state index contributed by atoms with van der Waals surface area (Å²) in [6, 6.07) is 26.3. The zero-order valence-corrected chi connectivity index (χ0v) is 18.5. The number of carboxylic acids is 1. The molecule has 1 aromatic heterocycles. The fourth-order valence-corrected chi connectivity index (χ4v) is 3.55. The molecule has 3 aromatic carbocycles. The molecule has 1 amide bonds. The lowest BCUT2D eigenvalue weighted by molar-refractivity contribution is -0.136. The molecule has 4 aromatic rings. The maximum atomic E-state index is 12.5. The van der Waals surface area contributed by atoms with E-state index in [1.165, 1.54) is 6.20 Å². The predicted octanol–water partition coefficient (Wildman–Crippen LogP) is 5.75. The second kappa shape index (κ2) is 10.4. The molecule has 0 saturated heterocycles. The van der Waals surface area contributed by atoms with Crippen LogP contribution < -0.4 is 5.32 Å². The molecule has 0 bridgehead atoms. The van der Waals surface area contributed by atoms with Crippen LogP contribution in [0.15, 0.2) is 91.1 Å². The van der Waals surface area contributed by atoms with E-state index in [0.717, 1.165) is 27.8 Å². The summed E-state index contributed by atoms with van der Waals surface area (Å²) in [5.74, 6) is -0.858. The van der Waals surface area contributed by atoms with Crippen molar-refractivity contribution in [3.05, 3.63) is 102 Å². The molecule has 7 nitrogen and oxygen atoms in total. The van der Waals surface area contributed by atoms with Crippen molar-refractivity contribution < 1.29 is 19.4 Å². The molecule has 7 heteroatoms. The number of amides is 1. The van der Waals surface area contributed by atoms with Gasteiger partial charge in [-0.1, -0.05) is 78.9 Å². The van der Waals surface area contributed by atoms with Crippen LogP contribution in [0.2, 0.25) is 0 Å². The number of nitrogens with zero attached hydrogens (tertiary/aromatic N) is 2. The van der Waals surface area contributed by atoms with Crippen molar-refractivity contribution in [1.29, 1.82) is 0 Å². The molecule has 0 aliphatic heterocycles. The second-order valence-corrected chi connectivity index (χ2v) is 7.72. The van der Waals surface area contributed by atoms with Gasteiger partial charge in [-0.05, 0) is 35.2 Å². The van der Waals surface area contributed by atoms with E-state index in [0.29, 0.717) is 11.4 Å². The van der Waals surface area contributed by atoms with Gasteiger partial charge in [0.2, 0.25) is 0 Å². The van der Waals surface area contributed by atoms with Gasteiger partial charge in [0.15, 0.2) is 0 Å². The molecule has 0 aliphatic carbocycles. The number of anilines is 1. The predicted molar refractivity (Wildman–Crippen MR) is 129 cm³/mol. The SMILES string of the molecule is CC(OC(=O)Nc1ccnnc1-c1ccc(-c2ccc(CC(=O)O)cc2)cc1)c1ccccc1. The quantitative estimate of drug-likeness (QED) is 0.370. The summed E-state index contributed by atoms with van der Waals surface area (Å²) in [5.41, 5.74) is 5.39. The third-order valence-corrected chi connectivity index (χ3v) is 5.31. The van der Waals surface area contributed by atoms with Crippen LogP contribution in [0.1, 0.15) is 24.2 Å². The normalized spacial score (nSPS) is 11.4. The number of hydrogen-bond donors (Lipinski definition) is 2. The molecular formula is C27H23N3O4. The third-order valence-electron chi connectivity index (χ3n) is 5.31. The van der Waals surface area contributed by atoms with E-state index in [1.54, 1.807) is 6.07 Å². The molecule has 0 saturated carbocycles. The molecule has 34 heavy (non-hydrogen) atoms.